The van der Waals surface area contributed by atoms with Crippen LogP contribution in [0.2, 0.25) is 10.0 Å². The molecule has 1 unspecified atom stereocenters. The number of nitrogens with zero attached hydrogens (tertiary/aromatic N) is 1. The fourth-order valence-electron chi connectivity index (χ4n) is 2.93. The number of carbonyl (C=O) groups excluding carboxylic acids is 1. The Labute approximate surface area is 182 Å². The Kier molecular flexibility index (Phi) is 7.02. The predicted molar refractivity (Wildman–Crippen MR) is 113 cm³/mol. The molecule has 0 aliphatic heterocycles. The average molecular weight is 456 g/mol. The topological polar surface area (TPSA) is 99.6 Å². The zero-order valence-corrected chi connectivity index (χ0v) is 17.8. The van der Waals surface area contributed by atoms with E-state index in [1.807, 2.05) is 0 Å². The van der Waals surface area contributed by atoms with Crippen molar-refractivity contribution in [3.8, 4) is 5.75 Å². The van der Waals surface area contributed by atoms with Gasteiger partial charge in [0, 0.05) is 37.0 Å². The molecular weight excluding hydrogens is 436 g/mol. The first-order valence-corrected chi connectivity index (χ1v) is 9.83. The number of anilines is 1. The molecule has 2 aromatic heterocycles. The highest BCUT2D eigenvalue weighted by Gasteiger charge is 2.24. The van der Waals surface area contributed by atoms with Crippen LogP contribution in [0.4, 0.5) is 10.2 Å². The number of nitrogens with two attached hydrogens (primary N) is 1. The molecule has 7 nitrogen and oxygen atoms in total. The molecule has 30 heavy (non-hydrogen) atoms. The number of ether oxygens (including phenoxy) is 2. The standard InChI is InChI=1S/C20H20Cl2FN3O4/c1-10(15-13(21)4-5-14(23)16(15)22)30-18-17-11(8-26-19(18)24)12(9-29-17)20(27)25-6-3-7-28-2/h4-5,8-10H,3,6-7H2,1-2H3,(H2,24,26)(H,25,27). The minimum absolute atomic E-state index is 0.0411. The Morgan fingerprint density at radius 2 is 2.17 bits per heavy atom. The van der Waals surface area contributed by atoms with Crippen molar-refractivity contribution in [3.05, 3.63) is 51.6 Å². The van der Waals surface area contributed by atoms with Crippen LogP contribution in [0.1, 0.15) is 35.4 Å². The number of pyridine rings is 1. The normalized spacial score (nSPS) is 12.2. The van der Waals surface area contributed by atoms with E-state index in [2.05, 4.69) is 10.3 Å². The minimum atomic E-state index is -0.771. The Balaban J connectivity index is 1.90. The Hall–Kier alpha value is -2.55. The van der Waals surface area contributed by atoms with E-state index in [0.717, 1.165) is 0 Å². The van der Waals surface area contributed by atoms with Crippen molar-refractivity contribution in [2.24, 2.45) is 0 Å². The number of amides is 1. The Bertz CT molecular complexity index is 1070. The maximum atomic E-state index is 13.9. The first kappa shape index (κ1) is 22.1. The highest BCUT2D eigenvalue weighted by molar-refractivity contribution is 6.36. The third-order valence-corrected chi connectivity index (χ3v) is 5.15. The van der Waals surface area contributed by atoms with E-state index < -0.39 is 11.9 Å². The van der Waals surface area contributed by atoms with Gasteiger partial charge in [0.1, 0.15) is 18.2 Å². The van der Waals surface area contributed by atoms with Gasteiger partial charge in [-0.15, -0.1) is 0 Å². The van der Waals surface area contributed by atoms with E-state index in [-0.39, 0.29) is 44.2 Å². The zero-order valence-electron chi connectivity index (χ0n) is 16.3. The lowest BCUT2D eigenvalue weighted by molar-refractivity contribution is 0.0949. The molecule has 0 aliphatic carbocycles. The van der Waals surface area contributed by atoms with Gasteiger partial charge in [-0.05, 0) is 25.5 Å². The number of benzene rings is 1. The number of hydrogen-bond donors (Lipinski definition) is 2. The van der Waals surface area contributed by atoms with Gasteiger partial charge in [0.05, 0.1) is 16.0 Å². The summed E-state index contributed by atoms with van der Waals surface area (Å²) in [6.45, 7) is 2.61. The second-order valence-electron chi connectivity index (χ2n) is 6.48. The monoisotopic (exact) mass is 455 g/mol. The van der Waals surface area contributed by atoms with Gasteiger partial charge < -0.3 is 24.9 Å². The number of rotatable bonds is 8. The maximum Gasteiger partial charge on any atom is 0.255 e. The van der Waals surface area contributed by atoms with Gasteiger partial charge in [0.2, 0.25) is 5.75 Å². The second kappa shape index (κ2) is 9.51. The third kappa shape index (κ3) is 4.45. The van der Waals surface area contributed by atoms with Crippen LogP contribution in [0.3, 0.4) is 0 Å². The number of aromatic nitrogens is 1. The lowest BCUT2D eigenvalue weighted by Crippen LogP contribution is -2.24. The quantitative estimate of drug-likeness (QED) is 0.375. The molecule has 3 rings (SSSR count). The largest absolute Gasteiger partial charge is 0.478 e. The van der Waals surface area contributed by atoms with E-state index in [9.17, 15) is 9.18 Å². The van der Waals surface area contributed by atoms with E-state index in [4.69, 9.17) is 42.8 Å². The van der Waals surface area contributed by atoms with Gasteiger partial charge in [-0.1, -0.05) is 23.2 Å². The molecule has 1 aromatic carbocycles. The molecule has 10 heteroatoms. The lowest BCUT2D eigenvalue weighted by Gasteiger charge is -2.18. The van der Waals surface area contributed by atoms with Crippen LogP contribution in [0, 0.1) is 5.82 Å². The molecule has 0 fully saturated rings. The van der Waals surface area contributed by atoms with Crippen LogP contribution in [0.25, 0.3) is 11.0 Å². The molecule has 0 saturated heterocycles. The second-order valence-corrected chi connectivity index (χ2v) is 7.27. The smallest absolute Gasteiger partial charge is 0.255 e. The molecule has 3 aromatic rings. The van der Waals surface area contributed by atoms with Gasteiger partial charge in [-0.3, -0.25) is 4.79 Å². The first-order chi connectivity index (χ1) is 14.3. The summed E-state index contributed by atoms with van der Waals surface area (Å²) in [7, 11) is 1.59. The summed E-state index contributed by atoms with van der Waals surface area (Å²) < 4.78 is 30.3. The van der Waals surface area contributed by atoms with Crippen LogP contribution in [-0.2, 0) is 4.74 Å². The first-order valence-electron chi connectivity index (χ1n) is 9.08. The molecule has 1 amide bonds. The lowest BCUT2D eigenvalue weighted by atomic mass is 10.1. The van der Waals surface area contributed by atoms with E-state index in [1.54, 1.807) is 14.0 Å². The molecule has 0 saturated carbocycles. The van der Waals surface area contributed by atoms with Crippen molar-refractivity contribution >= 4 is 45.9 Å². The molecule has 0 spiro atoms. The number of nitrogens with one attached hydrogen (secondary N) is 1. The van der Waals surface area contributed by atoms with Gasteiger partial charge >= 0.3 is 0 Å². The van der Waals surface area contributed by atoms with E-state index >= 15 is 0 Å². The van der Waals surface area contributed by atoms with E-state index in [0.29, 0.717) is 25.0 Å². The summed E-state index contributed by atoms with van der Waals surface area (Å²) in [5, 5.41) is 3.29. The van der Waals surface area contributed by atoms with Crippen LogP contribution >= 0.6 is 23.2 Å². The average Bonchev–Trinajstić information content (AvgIpc) is 3.15. The summed E-state index contributed by atoms with van der Waals surface area (Å²) in [5.41, 5.74) is 6.75. The number of methoxy groups -OCH3 is 1. The molecule has 0 aliphatic rings. The molecule has 3 N–H and O–H groups in total. The van der Waals surface area contributed by atoms with Crippen LogP contribution in [0.15, 0.2) is 29.0 Å². The molecule has 2 heterocycles. The summed E-state index contributed by atoms with van der Waals surface area (Å²) in [5.74, 6) is -0.804. The number of fused-ring (bicyclic) bond motifs is 1. The zero-order chi connectivity index (χ0) is 21.8. The predicted octanol–water partition coefficient (Wildman–Crippen LogP) is 4.76. The highest BCUT2D eigenvalue weighted by atomic mass is 35.5. The van der Waals surface area contributed by atoms with E-state index in [1.165, 1.54) is 24.6 Å². The van der Waals surface area contributed by atoms with Crippen molar-refractivity contribution in [1.82, 2.24) is 10.3 Å². The number of halogens is 3. The summed E-state index contributed by atoms with van der Waals surface area (Å²) >= 11 is 12.2. The summed E-state index contributed by atoms with van der Waals surface area (Å²) in [6.07, 6.45) is 2.63. The maximum absolute atomic E-state index is 13.9. The SMILES string of the molecule is COCCCNC(=O)c1coc2c(OC(C)c3c(Cl)ccc(F)c3Cl)c(N)ncc12. The Morgan fingerprint density at radius 3 is 2.90 bits per heavy atom. The van der Waals surface area contributed by atoms with Crippen LogP contribution < -0.4 is 15.8 Å². The highest BCUT2D eigenvalue weighted by Crippen LogP contribution is 2.39. The third-order valence-electron chi connectivity index (χ3n) is 4.44. The van der Waals surface area contributed by atoms with Crippen molar-refractivity contribution in [2.45, 2.75) is 19.4 Å². The van der Waals surface area contributed by atoms with Crippen LogP contribution in [-0.4, -0.2) is 31.2 Å². The number of furan rings is 1. The van der Waals surface area contributed by atoms with Gasteiger partial charge in [-0.25, -0.2) is 9.37 Å². The summed E-state index contributed by atoms with van der Waals surface area (Å²) in [6, 6.07) is 2.56. The van der Waals surface area contributed by atoms with Crippen molar-refractivity contribution < 1.29 is 23.1 Å². The number of carbonyl (C=O) groups is 1. The van der Waals surface area contributed by atoms with Crippen molar-refractivity contribution in [2.75, 3.05) is 26.0 Å². The number of hydrogen-bond acceptors (Lipinski definition) is 6. The van der Waals surface area contributed by atoms with Crippen molar-refractivity contribution in [1.29, 1.82) is 0 Å². The van der Waals surface area contributed by atoms with Crippen LogP contribution in [0.5, 0.6) is 5.75 Å². The molecular formula is C20H20Cl2FN3O4. The molecule has 160 valence electrons. The van der Waals surface area contributed by atoms with Gasteiger partial charge in [0.15, 0.2) is 11.4 Å². The summed E-state index contributed by atoms with van der Waals surface area (Å²) in [4.78, 5) is 16.6. The molecule has 1 atom stereocenters. The Morgan fingerprint density at radius 1 is 1.40 bits per heavy atom. The van der Waals surface area contributed by atoms with Gasteiger partial charge in [-0.2, -0.15) is 0 Å². The molecule has 0 bridgehead atoms. The number of nitrogen functional groups attached to an aromatic ring is 1. The fourth-order valence-corrected chi connectivity index (χ4v) is 3.61. The fraction of sp³-hybridized carbons (Fsp3) is 0.300. The van der Waals surface area contributed by atoms with Crippen molar-refractivity contribution in [3.63, 3.8) is 0 Å². The molecule has 0 radical (unpaired) electrons. The minimum Gasteiger partial charge on any atom is -0.478 e. The van der Waals surface area contributed by atoms with Gasteiger partial charge in [0.25, 0.3) is 5.91 Å².